The van der Waals surface area contributed by atoms with Gasteiger partial charge in [-0.15, -0.1) is 0 Å². The average molecular weight is 150 g/mol. The number of nitrogens with two attached hydrogens (primary N) is 1. The molecule has 0 amide bonds. The molecule has 0 aromatic carbocycles. The maximum Gasteiger partial charge on any atom is 0.0790 e. The molecule has 0 aliphatic heterocycles. The second-order valence-corrected chi connectivity index (χ2v) is 2.48. The van der Waals surface area contributed by atoms with Gasteiger partial charge in [0.25, 0.3) is 0 Å². The van der Waals surface area contributed by atoms with E-state index in [9.17, 15) is 0 Å². The van der Waals surface area contributed by atoms with E-state index >= 15 is 0 Å². The molecule has 0 spiro atoms. The molecule has 0 aromatic rings. The summed E-state index contributed by atoms with van der Waals surface area (Å²) in [4.78, 5) is 0. The van der Waals surface area contributed by atoms with Crippen LogP contribution >= 0.6 is 12.2 Å². The number of rotatable bonds is 5. The summed E-state index contributed by atoms with van der Waals surface area (Å²) in [6.07, 6.45) is 1.05. The van der Waals surface area contributed by atoms with Gasteiger partial charge in [-0.25, -0.2) is 4.31 Å². The average Bonchev–Trinajstić information content (AvgIpc) is 1.88. The van der Waals surface area contributed by atoms with Gasteiger partial charge in [0.05, 0.1) is 12.2 Å². The van der Waals surface area contributed by atoms with Gasteiger partial charge in [0.15, 0.2) is 0 Å². The molecule has 0 unspecified atom stereocenters. The van der Waals surface area contributed by atoms with E-state index in [1.807, 2.05) is 4.31 Å². The van der Waals surface area contributed by atoms with Crippen LogP contribution in [0.2, 0.25) is 0 Å². The summed E-state index contributed by atoms with van der Waals surface area (Å²) < 4.78 is 10.4. The van der Waals surface area contributed by atoms with Gasteiger partial charge in [-0.3, -0.25) is 0 Å². The first-order valence-electron chi connectivity index (χ1n) is 3.11. The molecule has 0 saturated heterocycles. The van der Waals surface area contributed by atoms with Crippen LogP contribution in [0, 0.1) is 0 Å². The second kappa shape index (κ2) is 6.35. The first-order chi connectivity index (χ1) is 4.35. The summed E-state index contributed by atoms with van der Waals surface area (Å²) in [5.74, 6) is 0. The minimum absolute atomic E-state index is 0.605. The molecule has 3 nitrogen and oxygen atoms in total. The Balaban J connectivity index is 3.18. The molecule has 0 aliphatic carbocycles. The molecule has 9 heavy (non-hydrogen) atoms. The van der Waals surface area contributed by atoms with E-state index in [1.54, 1.807) is 0 Å². The molecule has 0 aliphatic rings. The molecule has 56 valence electrons. The van der Waals surface area contributed by atoms with Crippen molar-refractivity contribution in [2.45, 2.75) is 13.3 Å². The number of nitrogens with zero attached hydrogens (tertiary/aromatic N) is 1. The van der Waals surface area contributed by atoms with Crippen molar-refractivity contribution in [1.82, 2.24) is 4.31 Å². The smallest absolute Gasteiger partial charge is 0.0790 e. The molecule has 0 fully saturated rings. The lowest BCUT2D eigenvalue weighted by Crippen LogP contribution is -2.23. The molecular weight excluding hydrogens is 136 g/mol. The van der Waals surface area contributed by atoms with Crippen molar-refractivity contribution in [3.05, 3.63) is 0 Å². The predicted octanol–water partition coefficient (Wildman–Crippen LogP) is 0.778. The van der Waals surface area contributed by atoms with Gasteiger partial charge in [-0.1, -0.05) is 6.92 Å². The van der Waals surface area contributed by atoms with Gasteiger partial charge in [0.2, 0.25) is 0 Å². The molecular formula is C5H14N2OS. The third kappa shape index (κ3) is 4.72. The highest BCUT2D eigenvalue weighted by atomic mass is 32.2. The van der Waals surface area contributed by atoms with Gasteiger partial charge in [0, 0.05) is 19.6 Å². The Hall–Kier alpha value is 0.230. The molecule has 0 heterocycles. The van der Waals surface area contributed by atoms with Crippen LogP contribution in [-0.2, 0) is 0 Å². The van der Waals surface area contributed by atoms with Gasteiger partial charge >= 0.3 is 0 Å². The zero-order valence-corrected chi connectivity index (χ0v) is 6.52. The summed E-state index contributed by atoms with van der Waals surface area (Å²) in [5, 5.41) is 0. The lowest BCUT2D eigenvalue weighted by Gasteiger charge is -2.13. The van der Waals surface area contributed by atoms with E-state index in [4.69, 9.17) is 10.3 Å². The van der Waals surface area contributed by atoms with Crippen molar-refractivity contribution in [2.75, 3.05) is 19.6 Å². The summed E-state index contributed by atoms with van der Waals surface area (Å²) in [6, 6.07) is 0. The van der Waals surface area contributed by atoms with E-state index in [0.29, 0.717) is 6.54 Å². The molecule has 4 heteroatoms. The highest BCUT2D eigenvalue weighted by Crippen LogP contribution is 2.02. The fourth-order valence-electron chi connectivity index (χ4n) is 0.587. The molecule has 0 bridgehead atoms. The highest BCUT2D eigenvalue weighted by molar-refractivity contribution is 7.91. The number of hydrogen-bond acceptors (Lipinski definition) is 4. The maximum atomic E-state index is 8.58. The fraction of sp³-hybridized carbons (Fsp3) is 1.00. The highest BCUT2D eigenvalue weighted by Gasteiger charge is 1.98. The molecule has 0 atom stereocenters. The predicted molar refractivity (Wildman–Crippen MR) is 41.1 cm³/mol. The van der Waals surface area contributed by atoms with Crippen LogP contribution in [0.4, 0.5) is 0 Å². The molecule has 0 saturated carbocycles. The third-order valence-electron chi connectivity index (χ3n) is 0.967. The van der Waals surface area contributed by atoms with Crippen LogP contribution in [0.25, 0.3) is 0 Å². The van der Waals surface area contributed by atoms with Crippen LogP contribution in [0.3, 0.4) is 0 Å². The van der Waals surface area contributed by atoms with Gasteiger partial charge in [-0.2, -0.15) is 0 Å². The molecule has 3 N–H and O–H groups in total. The summed E-state index contributed by atoms with van der Waals surface area (Å²) in [6.45, 7) is 4.33. The zero-order chi connectivity index (χ0) is 7.11. The fourth-order valence-corrected chi connectivity index (χ4v) is 1.04. The van der Waals surface area contributed by atoms with Crippen molar-refractivity contribution in [3.63, 3.8) is 0 Å². The molecule has 0 aromatic heterocycles. The van der Waals surface area contributed by atoms with Crippen molar-refractivity contribution < 1.29 is 4.55 Å². The Morgan fingerprint density at radius 1 is 1.56 bits per heavy atom. The third-order valence-corrected chi connectivity index (χ3v) is 1.56. The van der Waals surface area contributed by atoms with E-state index in [2.05, 4.69) is 6.92 Å². The van der Waals surface area contributed by atoms with E-state index < -0.39 is 0 Å². The van der Waals surface area contributed by atoms with E-state index in [1.165, 1.54) is 0 Å². The van der Waals surface area contributed by atoms with Gasteiger partial charge in [0.1, 0.15) is 0 Å². The largest absolute Gasteiger partial charge is 0.329 e. The monoisotopic (exact) mass is 150 g/mol. The van der Waals surface area contributed by atoms with Crippen molar-refractivity contribution in [2.24, 2.45) is 5.73 Å². The van der Waals surface area contributed by atoms with Crippen molar-refractivity contribution >= 4 is 12.2 Å². The van der Waals surface area contributed by atoms with Crippen LogP contribution in [0.5, 0.6) is 0 Å². The quantitative estimate of drug-likeness (QED) is 0.449. The first kappa shape index (κ1) is 9.23. The summed E-state index contributed by atoms with van der Waals surface area (Å²) in [5.41, 5.74) is 5.27. The Bertz CT molecular complexity index is 56.9. The van der Waals surface area contributed by atoms with Gasteiger partial charge < -0.3 is 10.3 Å². The summed E-state index contributed by atoms with van der Waals surface area (Å²) in [7, 11) is 0. The first-order valence-corrected chi connectivity index (χ1v) is 3.84. The van der Waals surface area contributed by atoms with Crippen LogP contribution in [0.15, 0.2) is 0 Å². The lowest BCUT2D eigenvalue weighted by atomic mass is 10.5. The SMILES string of the molecule is CCCN(CCN)SO. The normalized spacial score (nSPS) is 10.7. The van der Waals surface area contributed by atoms with Crippen LogP contribution in [-0.4, -0.2) is 28.5 Å². The second-order valence-electron chi connectivity index (χ2n) is 1.80. The Morgan fingerprint density at radius 2 is 2.22 bits per heavy atom. The van der Waals surface area contributed by atoms with E-state index in [-0.39, 0.29) is 0 Å². The van der Waals surface area contributed by atoms with Crippen molar-refractivity contribution in [3.8, 4) is 0 Å². The van der Waals surface area contributed by atoms with Crippen LogP contribution < -0.4 is 5.73 Å². The Labute approximate surface area is 60.6 Å². The minimum atomic E-state index is 0.605. The van der Waals surface area contributed by atoms with Crippen molar-refractivity contribution in [1.29, 1.82) is 0 Å². The standard InChI is InChI=1S/C5H14N2OS/c1-2-4-7(9-8)5-3-6/h8H,2-6H2,1H3. The summed E-state index contributed by atoms with van der Waals surface area (Å²) >= 11 is 0.772. The molecule has 0 rings (SSSR count). The zero-order valence-electron chi connectivity index (χ0n) is 5.71. The molecule has 0 radical (unpaired) electrons. The minimum Gasteiger partial charge on any atom is -0.329 e. The van der Waals surface area contributed by atoms with Crippen LogP contribution in [0.1, 0.15) is 13.3 Å². The Morgan fingerprint density at radius 3 is 2.56 bits per heavy atom. The maximum absolute atomic E-state index is 8.58. The van der Waals surface area contributed by atoms with Gasteiger partial charge in [-0.05, 0) is 6.42 Å². The topological polar surface area (TPSA) is 49.5 Å². The van der Waals surface area contributed by atoms with E-state index in [0.717, 1.165) is 31.7 Å². The number of hydrogen-bond donors (Lipinski definition) is 2. The lowest BCUT2D eigenvalue weighted by molar-refractivity contribution is 0.445. The Kier molecular flexibility index (Phi) is 6.51.